The average Bonchev–Trinajstić information content (AvgIpc) is 3.43. The molecule has 1 saturated heterocycles. The van der Waals surface area contributed by atoms with Crippen LogP contribution in [0.3, 0.4) is 0 Å². The second-order valence-electron chi connectivity index (χ2n) is 9.67. The zero-order valence-corrected chi connectivity index (χ0v) is 16.4. The van der Waals surface area contributed by atoms with E-state index in [4.69, 9.17) is 4.74 Å². The lowest BCUT2D eigenvalue weighted by molar-refractivity contribution is -0.148. The van der Waals surface area contributed by atoms with Gasteiger partial charge in [0.1, 0.15) is 12.3 Å². The SMILES string of the molecule is CC(C)(C)c1ccc(OC(=O)CN2C(=O)[C@@H]3[C@H]4C=C[C@@H]([C@@H]5C[C@@H]45)[C@H]3C2=O)cc1. The minimum atomic E-state index is -0.575. The Hall–Kier alpha value is -2.43. The zero-order chi connectivity index (χ0) is 19.8. The number of carbonyl (C=O) groups excluding carboxylic acids is 3. The second kappa shape index (κ2) is 5.79. The van der Waals surface area contributed by atoms with Crippen LogP contribution in [0, 0.1) is 35.5 Å². The van der Waals surface area contributed by atoms with Gasteiger partial charge < -0.3 is 4.74 Å². The second-order valence-corrected chi connectivity index (χ2v) is 9.67. The Morgan fingerprint density at radius 3 is 2.04 bits per heavy atom. The molecule has 6 rings (SSSR count). The highest BCUT2D eigenvalue weighted by Gasteiger charge is 2.67. The van der Waals surface area contributed by atoms with E-state index in [0.29, 0.717) is 17.6 Å². The van der Waals surface area contributed by atoms with Crippen molar-refractivity contribution in [3.63, 3.8) is 0 Å². The number of benzene rings is 1. The van der Waals surface area contributed by atoms with E-state index >= 15 is 0 Å². The summed E-state index contributed by atoms with van der Waals surface area (Å²) in [4.78, 5) is 39.4. The lowest BCUT2D eigenvalue weighted by Gasteiger charge is -2.37. The lowest BCUT2D eigenvalue weighted by atomic mass is 9.63. The molecule has 3 fully saturated rings. The van der Waals surface area contributed by atoms with E-state index in [0.717, 1.165) is 16.9 Å². The quantitative estimate of drug-likeness (QED) is 0.351. The van der Waals surface area contributed by atoms with Gasteiger partial charge in [0.25, 0.3) is 0 Å². The molecule has 1 aromatic rings. The van der Waals surface area contributed by atoms with Gasteiger partial charge in [-0.3, -0.25) is 14.5 Å². The summed E-state index contributed by atoms with van der Waals surface area (Å²) < 4.78 is 5.39. The third-order valence-electron chi connectivity index (χ3n) is 6.99. The zero-order valence-electron chi connectivity index (χ0n) is 16.4. The fraction of sp³-hybridized carbons (Fsp3) is 0.522. The predicted octanol–water partition coefficient (Wildman–Crippen LogP) is 2.94. The Morgan fingerprint density at radius 1 is 1.00 bits per heavy atom. The molecule has 5 heteroatoms. The molecular weight excluding hydrogens is 354 g/mol. The summed E-state index contributed by atoms with van der Waals surface area (Å²) in [7, 11) is 0. The number of ether oxygens (including phenoxy) is 1. The molecular formula is C23H25NO4. The molecule has 0 unspecified atom stereocenters. The number of esters is 1. The third-order valence-corrected chi connectivity index (χ3v) is 6.99. The maximum absolute atomic E-state index is 12.9. The van der Waals surface area contributed by atoms with E-state index in [2.05, 4.69) is 32.9 Å². The highest BCUT2D eigenvalue weighted by molar-refractivity contribution is 6.08. The molecule has 5 aliphatic rings. The molecule has 2 bridgehead atoms. The molecule has 2 amide bonds. The van der Waals surface area contributed by atoms with Crippen LogP contribution in [0.5, 0.6) is 5.75 Å². The molecule has 146 valence electrons. The van der Waals surface area contributed by atoms with E-state index in [-0.39, 0.29) is 47.4 Å². The summed E-state index contributed by atoms with van der Waals surface area (Å²) in [5, 5.41) is 0. The summed E-state index contributed by atoms with van der Waals surface area (Å²) in [6.07, 6.45) is 5.38. The Bertz CT molecular complexity index is 858. The van der Waals surface area contributed by atoms with E-state index < -0.39 is 5.97 Å². The minimum Gasteiger partial charge on any atom is -0.425 e. The Labute approximate surface area is 164 Å². The Kier molecular flexibility index (Phi) is 3.65. The molecule has 4 aliphatic carbocycles. The molecule has 2 saturated carbocycles. The number of nitrogens with zero attached hydrogens (tertiary/aromatic N) is 1. The van der Waals surface area contributed by atoms with Gasteiger partial charge in [0, 0.05) is 0 Å². The van der Waals surface area contributed by atoms with Gasteiger partial charge in [0.05, 0.1) is 11.8 Å². The molecule has 1 aliphatic heterocycles. The first-order chi connectivity index (χ1) is 13.3. The van der Waals surface area contributed by atoms with Crippen molar-refractivity contribution in [1.82, 2.24) is 4.90 Å². The fourth-order valence-corrected chi connectivity index (χ4v) is 5.49. The van der Waals surface area contributed by atoms with Crippen LogP contribution in [0.1, 0.15) is 32.8 Å². The van der Waals surface area contributed by atoms with Crippen molar-refractivity contribution in [1.29, 1.82) is 0 Å². The van der Waals surface area contributed by atoms with Gasteiger partial charge in [-0.2, -0.15) is 0 Å². The topological polar surface area (TPSA) is 63.7 Å². The Morgan fingerprint density at radius 2 is 1.54 bits per heavy atom. The number of imide groups is 1. The van der Waals surface area contributed by atoms with Gasteiger partial charge in [-0.1, -0.05) is 45.1 Å². The van der Waals surface area contributed by atoms with Crippen LogP contribution in [0.2, 0.25) is 0 Å². The highest BCUT2D eigenvalue weighted by atomic mass is 16.5. The number of amides is 2. The van der Waals surface area contributed by atoms with Crippen molar-refractivity contribution in [2.45, 2.75) is 32.6 Å². The number of hydrogen-bond donors (Lipinski definition) is 0. The van der Waals surface area contributed by atoms with Crippen LogP contribution in [-0.2, 0) is 19.8 Å². The Balaban J connectivity index is 1.27. The molecule has 0 aromatic heterocycles. The number of rotatable bonds is 3. The molecule has 1 aromatic carbocycles. The van der Waals surface area contributed by atoms with Gasteiger partial charge in [0.2, 0.25) is 11.8 Å². The summed E-state index contributed by atoms with van der Waals surface area (Å²) in [5.74, 6) is 0.369. The lowest BCUT2D eigenvalue weighted by Crippen LogP contribution is -2.40. The summed E-state index contributed by atoms with van der Waals surface area (Å²) in [6.45, 7) is 6.04. The molecule has 0 spiro atoms. The third kappa shape index (κ3) is 2.55. The van der Waals surface area contributed by atoms with Crippen LogP contribution in [0.25, 0.3) is 0 Å². The number of likely N-dealkylation sites (tertiary alicyclic amines) is 1. The number of carbonyl (C=O) groups is 3. The molecule has 1 heterocycles. The van der Waals surface area contributed by atoms with E-state index in [1.807, 2.05) is 12.1 Å². The number of allylic oxidation sites excluding steroid dienone is 2. The highest BCUT2D eigenvalue weighted by Crippen LogP contribution is 2.65. The average molecular weight is 379 g/mol. The first-order valence-corrected chi connectivity index (χ1v) is 10.1. The maximum atomic E-state index is 12.9. The van der Waals surface area contributed by atoms with Crippen LogP contribution in [0.15, 0.2) is 36.4 Å². The normalized spacial score (nSPS) is 35.0. The van der Waals surface area contributed by atoms with Crippen LogP contribution < -0.4 is 4.74 Å². The molecule has 5 nitrogen and oxygen atoms in total. The molecule has 0 N–H and O–H groups in total. The predicted molar refractivity (Wildman–Crippen MR) is 102 cm³/mol. The van der Waals surface area contributed by atoms with E-state index in [1.54, 1.807) is 12.1 Å². The van der Waals surface area contributed by atoms with Gasteiger partial charge in [-0.05, 0) is 53.2 Å². The maximum Gasteiger partial charge on any atom is 0.331 e. The van der Waals surface area contributed by atoms with E-state index in [9.17, 15) is 14.4 Å². The molecule has 28 heavy (non-hydrogen) atoms. The van der Waals surface area contributed by atoms with Crippen molar-refractivity contribution >= 4 is 17.8 Å². The summed E-state index contributed by atoms with van der Waals surface area (Å²) >= 11 is 0. The smallest absolute Gasteiger partial charge is 0.331 e. The first kappa shape index (κ1) is 17.7. The largest absolute Gasteiger partial charge is 0.425 e. The van der Waals surface area contributed by atoms with Crippen molar-refractivity contribution < 1.29 is 19.1 Å². The van der Waals surface area contributed by atoms with Gasteiger partial charge in [-0.25, -0.2) is 4.79 Å². The van der Waals surface area contributed by atoms with Gasteiger partial charge >= 0.3 is 5.97 Å². The standard InChI is InChI=1S/C23H25NO4/c1-23(2,3)12-4-6-13(7-5-12)28-18(25)11-24-21(26)19-14-8-9-15(17-10-16(14)17)20(19)22(24)27/h4-9,14-17,19-20H,10-11H2,1-3H3/t14-,15-,16-,17-,19+,20+/m0/s1. The van der Waals surface area contributed by atoms with E-state index in [1.165, 1.54) is 0 Å². The van der Waals surface area contributed by atoms with Crippen molar-refractivity contribution in [2.75, 3.05) is 6.54 Å². The van der Waals surface area contributed by atoms with Crippen LogP contribution in [0.4, 0.5) is 0 Å². The van der Waals surface area contributed by atoms with Gasteiger partial charge in [-0.15, -0.1) is 0 Å². The monoisotopic (exact) mass is 379 g/mol. The van der Waals surface area contributed by atoms with Crippen molar-refractivity contribution in [3.05, 3.63) is 42.0 Å². The fourth-order valence-electron chi connectivity index (χ4n) is 5.49. The molecule has 6 atom stereocenters. The van der Waals surface area contributed by atoms with Crippen molar-refractivity contribution in [3.8, 4) is 5.75 Å². The van der Waals surface area contributed by atoms with Crippen LogP contribution >= 0.6 is 0 Å². The van der Waals surface area contributed by atoms with Gasteiger partial charge in [0.15, 0.2) is 0 Å². The van der Waals surface area contributed by atoms with Crippen LogP contribution in [-0.4, -0.2) is 29.2 Å². The minimum absolute atomic E-state index is 0.0152. The summed E-state index contributed by atoms with van der Waals surface area (Å²) in [5.41, 5.74) is 1.16. The number of hydrogen-bond acceptors (Lipinski definition) is 4. The summed E-state index contributed by atoms with van der Waals surface area (Å²) in [6, 6.07) is 7.37. The first-order valence-electron chi connectivity index (χ1n) is 10.1. The van der Waals surface area contributed by atoms with Crippen molar-refractivity contribution in [2.24, 2.45) is 35.5 Å². The molecule has 0 radical (unpaired) electrons.